The van der Waals surface area contributed by atoms with Gasteiger partial charge in [0.2, 0.25) is 0 Å². The number of ether oxygens (including phenoxy) is 1. The van der Waals surface area contributed by atoms with Gasteiger partial charge in [-0.3, -0.25) is 0 Å². The number of aromatic nitrogens is 2. The van der Waals surface area contributed by atoms with Crippen molar-refractivity contribution in [3.63, 3.8) is 0 Å². The van der Waals surface area contributed by atoms with Crippen LogP contribution in [0, 0.1) is 5.82 Å². The summed E-state index contributed by atoms with van der Waals surface area (Å²) < 4.78 is 45.5. The van der Waals surface area contributed by atoms with Crippen molar-refractivity contribution in [2.24, 2.45) is 0 Å². The Kier molecular flexibility index (Phi) is 8.02. The van der Waals surface area contributed by atoms with Gasteiger partial charge in [-0.05, 0) is 74.7 Å². The summed E-state index contributed by atoms with van der Waals surface area (Å²) in [5, 5.41) is 14.3. The third-order valence-electron chi connectivity index (χ3n) is 7.21. The van der Waals surface area contributed by atoms with Crippen molar-refractivity contribution in [3.05, 3.63) is 66.1 Å². The van der Waals surface area contributed by atoms with Crippen LogP contribution in [0.5, 0.6) is 0 Å². The quantitative estimate of drug-likeness (QED) is 0.264. The molecule has 2 aliphatic rings. The molecule has 2 amide bonds. The van der Waals surface area contributed by atoms with Crippen molar-refractivity contribution in [2.45, 2.75) is 41.9 Å². The van der Waals surface area contributed by atoms with E-state index >= 15 is 0 Å². The first-order valence-corrected chi connectivity index (χ1v) is 14.7. The number of urea groups is 1. The lowest BCUT2D eigenvalue weighted by Crippen LogP contribution is -2.44. The lowest BCUT2D eigenvalue weighted by molar-refractivity contribution is 0.0985. The van der Waals surface area contributed by atoms with E-state index in [0.29, 0.717) is 74.2 Å². The van der Waals surface area contributed by atoms with Crippen LogP contribution in [0.3, 0.4) is 0 Å². The molecule has 0 unspecified atom stereocenters. The lowest BCUT2D eigenvalue weighted by Gasteiger charge is -2.34. The number of nitrogens with one attached hydrogen (secondary N) is 2. The van der Waals surface area contributed by atoms with E-state index in [0.717, 1.165) is 12.1 Å². The zero-order valence-electron chi connectivity index (χ0n) is 22.1. The van der Waals surface area contributed by atoms with Gasteiger partial charge in [0.1, 0.15) is 16.4 Å². The smallest absolute Gasteiger partial charge is 0.319 e. The minimum absolute atomic E-state index is 0.00819. The first-order valence-electron chi connectivity index (χ1n) is 13.2. The normalized spacial score (nSPS) is 18.3. The summed E-state index contributed by atoms with van der Waals surface area (Å²) in [6, 6.07) is 13.3. The Morgan fingerprint density at radius 3 is 2.52 bits per heavy atom. The number of carbonyl (C=O) groups excluding carboxylic acids is 1. The van der Waals surface area contributed by atoms with Crippen LogP contribution in [-0.4, -0.2) is 68.5 Å². The average molecular weight is 570 g/mol. The molecule has 5 rings (SSSR count). The van der Waals surface area contributed by atoms with Crippen LogP contribution in [0.15, 0.2) is 59.5 Å². The highest BCUT2D eigenvalue weighted by atomic mass is 32.2. The van der Waals surface area contributed by atoms with Gasteiger partial charge < -0.3 is 25.4 Å². The molecule has 40 heavy (non-hydrogen) atoms. The molecule has 1 atom stereocenters. The van der Waals surface area contributed by atoms with Crippen molar-refractivity contribution >= 4 is 27.4 Å². The summed E-state index contributed by atoms with van der Waals surface area (Å²) in [6.07, 6.45) is 1.26. The van der Waals surface area contributed by atoms with Crippen molar-refractivity contribution in [1.29, 1.82) is 0 Å². The van der Waals surface area contributed by atoms with Gasteiger partial charge in [0, 0.05) is 37.0 Å². The number of aliphatic hydroxyl groups is 1. The second-order valence-electron chi connectivity index (χ2n) is 10.0. The number of amides is 2. The van der Waals surface area contributed by atoms with E-state index in [1.807, 2.05) is 6.92 Å². The highest BCUT2D eigenvalue weighted by Gasteiger charge is 2.58. The van der Waals surface area contributed by atoms with E-state index in [1.165, 1.54) is 12.1 Å². The Hall–Kier alpha value is -3.61. The number of hydrogen-bond donors (Lipinski definition) is 3. The van der Waals surface area contributed by atoms with Gasteiger partial charge in [0.05, 0.1) is 29.8 Å². The van der Waals surface area contributed by atoms with Gasteiger partial charge >= 0.3 is 6.03 Å². The summed E-state index contributed by atoms with van der Waals surface area (Å²) in [5.74, 6) is 0.477. The minimum Gasteiger partial charge on any atom is -0.396 e. The first-order chi connectivity index (χ1) is 19.2. The third kappa shape index (κ3) is 5.65. The van der Waals surface area contributed by atoms with E-state index in [9.17, 15) is 17.6 Å². The standard InChI is InChI=1S/C28H32FN5O5S/c1-19-18-39-16-14-34(19)25-17-24(28(11-12-28)40(37,38)23-9-5-21(29)6-10-23)32-26(33-25)20-3-7-22(8-4-20)31-27(36)30-13-2-15-35/h3-10,17,19,35H,2,11-16,18H2,1H3,(H2,30,31,36)/t19-/m0/s1. The zero-order chi connectivity index (χ0) is 28.3. The monoisotopic (exact) mass is 569 g/mol. The second kappa shape index (κ2) is 11.5. The molecular formula is C28H32FN5O5S. The Bertz CT molecular complexity index is 1460. The maximum absolute atomic E-state index is 13.8. The zero-order valence-corrected chi connectivity index (χ0v) is 23.0. The number of aliphatic hydroxyl groups excluding tert-OH is 1. The Labute approximate surface area is 232 Å². The molecule has 10 nitrogen and oxygen atoms in total. The van der Waals surface area contributed by atoms with Gasteiger partial charge in [0.15, 0.2) is 15.7 Å². The van der Waals surface area contributed by atoms with E-state index in [1.54, 1.807) is 30.3 Å². The van der Waals surface area contributed by atoms with Crippen LogP contribution >= 0.6 is 0 Å². The minimum atomic E-state index is -3.86. The SMILES string of the molecule is C[C@H]1COCCN1c1cc(C2(S(=O)(=O)c3ccc(F)cc3)CC2)nc(-c2ccc(NC(=O)NCCCO)cc2)n1. The van der Waals surface area contributed by atoms with Gasteiger partial charge in [-0.25, -0.2) is 27.6 Å². The summed E-state index contributed by atoms with van der Waals surface area (Å²) in [5.41, 5.74) is 1.62. The van der Waals surface area contributed by atoms with Crippen LogP contribution in [0.2, 0.25) is 0 Å². The molecule has 1 aliphatic carbocycles. The van der Waals surface area contributed by atoms with E-state index in [2.05, 4.69) is 15.5 Å². The van der Waals surface area contributed by atoms with Crippen molar-refractivity contribution in [2.75, 3.05) is 43.1 Å². The molecule has 2 fully saturated rings. The maximum Gasteiger partial charge on any atom is 0.319 e. The number of sulfone groups is 1. The summed E-state index contributed by atoms with van der Waals surface area (Å²) >= 11 is 0. The van der Waals surface area contributed by atoms with Crippen molar-refractivity contribution < 1.29 is 27.4 Å². The Morgan fingerprint density at radius 2 is 1.88 bits per heavy atom. The fourth-order valence-corrected chi connectivity index (χ4v) is 6.75. The molecule has 0 radical (unpaired) electrons. The predicted octanol–water partition coefficient (Wildman–Crippen LogP) is 3.47. The topological polar surface area (TPSA) is 134 Å². The Balaban J connectivity index is 1.50. The van der Waals surface area contributed by atoms with Gasteiger partial charge in [-0.15, -0.1) is 0 Å². The fraction of sp³-hybridized carbons (Fsp3) is 0.393. The molecule has 1 saturated carbocycles. The van der Waals surface area contributed by atoms with E-state index in [-0.39, 0.29) is 23.6 Å². The molecule has 1 aliphatic heterocycles. The number of nitrogens with zero attached hydrogens (tertiary/aromatic N) is 3. The van der Waals surface area contributed by atoms with E-state index < -0.39 is 20.4 Å². The number of carbonyl (C=O) groups is 1. The summed E-state index contributed by atoms with van der Waals surface area (Å²) in [6.45, 7) is 4.02. The number of benzene rings is 2. The molecule has 2 aromatic carbocycles. The molecule has 0 spiro atoms. The van der Waals surface area contributed by atoms with Crippen LogP contribution in [0.25, 0.3) is 11.4 Å². The molecule has 12 heteroatoms. The van der Waals surface area contributed by atoms with Gasteiger partial charge in [-0.2, -0.15) is 0 Å². The van der Waals surface area contributed by atoms with E-state index in [4.69, 9.17) is 19.8 Å². The molecule has 2 heterocycles. The number of halogens is 1. The highest BCUT2D eigenvalue weighted by molar-refractivity contribution is 7.92. The summed E-state index contributed by atoms with van der Waals surface area (Å²) in [7, 11) is -3.86. The first kappa shape index (κ1) is 27.9. The molecule has 3 N–H and O–H groups in total. The highest BCUT2D eigenvalue weighted by Crippen LogP contribution is 2.55. The van der Waals surface area contributed by atoms with Crippen LogP contribution in [-0.2, 0) is 19.3 Å². The molecule has 1 saturated heterocycles. The van der Waals surface area contributed by atoms with Crippen molar-refractivity contribution in [3.8, 4) is 11.4 Å². The van der Waals surface area contributed by atoms with Crippen molar-refractivity contribution in [1.82, 2.24) is 15.3 Å². The number of morpholine rings is 1. The fourth-order valence-electron chi connectivity index (χ4n) is 4.79. The van der Waals surface area contributed by atoms with Gasteiger partial charge in [-0.1, -0.05) is 0 Å². The number of anilines is 2. The molecular weight excluding hydrogens is 537 g/mol. The van der Waals surface area contributed by atoms with Gasteiger partial charge in [0.25, 0.3) is 0 Å². The average Bonchev–Trinajstić information content (AvgIpc) is 3.77. The van der Waals surface area contributed by atoms with Crippen LogP contribution in [0.1, 0.15) is 31.9 Å². The van der Waals surface area contributed by atoms with Crippen LogP contribution in [0.4, 0.5) is 20.7 Å². The molecule has 212 valence electrons. The third-order valence-corrected chi connectivity index (χ3v) is 9.74. The predicted molar refractivity (Wildman–Crippen MR) is 148 cm³/mol. The molecule has 1 aromatic heterocycles. The number of hydrogen-bond acceptors (Lipinski definition) is 8. The maximum atomic E-state index is 13.8. The number of rotatable bonds is 9. The van der Waals surface area contributed by atoms with Crippen LogP contribution < -0.4 is 15.5 Å². The molecule has 0 bridgehead atoms. The summed E-state index contributed by atoms with van der Waals surface area (Å²) in [4.78, 5) is 23.8. The lowest BCUT2D eigenvalue weighted by atomic mass is 10.1. The molecule has 3 aromatic rings. The largest absolute Gasteiger partial charge is 0.396 e. The second-order valence-corrected chi connectivity index (χ2v) is 12.3. The Morgan fingerprint density at radius 1 is 1.15 bits per heavy atom.